The van der Waals surface area contributed by atoms with Crippen LogP contribution in [0.4, 0.5) is 15.8 Å². The van der Waals surface area contributed by atoms with Crippen molar-refractivity contribution in [2.24, 2.45) is 0 Å². The van der Waals surface area contributed by atoms with E-state index in [1.54, 1.807) is 24.3 Å². The van der Waals surface area contributed by atoms with Crippen LogP contribution in [0.3, 0.4) is 0 Å². The zero-order valence-corrected chi connectivity index (χ0v) is 18.1. The summed E-state index contributed by atoms with van der Waals surface area (Å²) in [5, 5.41) is 23.2. The highest BCUT2D eigenvalue weighted by Gasteiger charge is 2.15. The summed E-state index contributed by atoms with van der Waals surface area (Å²) >= 11 is 6.44. The van der Waals surface area contributed by atoms with Gasteiger partial charge in [0.2, 0.25) is 0 Å². The van der Waals surface area contributed by atoms with Gasteiger partial charge in [0.25, 0.3) is 11.6 Å². The predicted octanol–water partition coefficient (Wildman–Crippen LogP) is 5.53. The third-order valence-electron chi connectivity index (χ3n) is 4.66. The number of methoxy groups -OCH3 is 1. The number of nitriles is 1. The van der Waals surface area contributed by atoms with Gasteiger partial charge < -0.3 is 10.1 Å². The number of ether oxygens (including phenoxy) is 1. The van der Waals surface area contributed by atoms with Crippen molar-refractivity contribution in [2.75, 3.05) is 12.4 Å². The van der Waals surface area contributed by atoms with Crippen LogP contribution in [0.1, 0.15) is 16.7 Å². The highest BCUT2D eigenvalue weighted by Crippen LogP contribution is 2.32. The maximum Gasteiger partial charge on any atom is 0.271 e. The molecule has 3 rings (SSSR count). The highest BCUT2D eigenvalue weighted by atomic mass is 35.5. The molecule has 3 aromatic rings. The molecule has 0 aromatic heterocycles. The van der Waals surface area contributed by atoms with Crippen molar-refractivity contribution >= 4 is 35.0 Å². The summed E-state index contributed by atoms with van der Waals surface area (Å²) in [5.74, 6) is -0.693. The van der Waals surface area contributed by atoms with Gasteiger partial charge in [0.05, 0.1) is 12.0 Å². The number of anilines is 1. The van der Waals surface area contributed by atoms with Crippen molar-refractivity contribution in [1.29, 1.82) is 5.26 Å². The molecular weight excluding hydrogens is 449 g/mol. The van der Waals surface area contributed by atoms with Crippen molar-refractivity contribution in [2.45, 2.75) is 6.42 Å². The lowest BCUT2D eigenvalue weighted by Gasteiger charge is -2.12. The van der Waals surface area contributed by atoms with Gasteiger partial charge >= 0.3 is 0 Å². The summed E-state index contributed by atoms with van der Waals surface area (Å²) in [6.45, 7) is 0. The Bertz CT molecular complexity index is 1300. The van der Waals surface area contributed by atoms with E-state index in [4.69, 9.17) is 16.3 Å². The molecule has 166 valence electrons. The van der Waals surface area contributed by atoms with Crippen LogP contribution < -0.4 is 10.1 Å². The summed E-state index contributed by atoms with van der Waals surface area (Å²) in [6.07, 6.45) is 1.65. The lowest BCUT2D eigenvalue weighted by Crippen LogP contribution is -2.13. The summed E-state index contributed by atoms with van der Waals surface area (Å²) in [5.41, 5.74) is 1.51. The molecule has 3 aromatic carbocycles. The van der Waals surface area contributed by atoms with Gasteiger partial charge in [0.1, 0.15) is 23.2 Å². The Hall–Kier alpha value is -4.22. The van der Waals surface area contributed by atoms with Crippen LogP contribution in [0.5, 0.6) is 5.75 Å². The molecule has 1 amide bonds. The van der Waals surface area contributed by atoms with E-state index in [0.29, 0.717) is 33.9 Å². The Morgan fingerprint density at radius 2 is 2.00 bits per heavy atom. The molecular formula is C24H17ClFN3O4. The van der Waals surface area contributed by atoms with E-state index < -0.39 is 10.8 Å². The van der Waals surface area contributed by atoms with E-state index in [1.807, 2.05) is 6.07 Å². The Morgan fingerprint density at radius 1 is 1.24 bits per heavy atom. The Balaban J connectivity index is 1.88. The smallest absolute Gasteiger partial charge is 0.271 e. The number of nitrogens with one attached hydrogen (secondary N) is 1. The molecule has 0 aliphatic carbocycles. The fourth-order valence-electron chi connectivity index (χ4n) is 3.13. The highest BCUT2D eigenvalue weighted by molar-refractivity contribution is 6.31. The number of halogens is 2. The molecule has 0 atom stereocenters. The number of carbonyl (C=O) groups is 1. The second-order valence-corrected chi connectivity index (χ2v) is 7.33. The lowest BCUT2D eigenvalue weighted by atomic mass is 10.0. The first-order chi connectivity index (χ1) is 15.8. The molecule has 0 aliphatic heterocycles. The summed E-state index contributed by atoms with van der Waals surface area (Å²) in [4.78, 5) is 22.9. The number of hydrogen-bond acceptors (Lipinski definition) is 5. The first-order valence-corrected chi connectivity index (χ1v) is 9.97. The first-order valence-electron chi connectivity index (χ1n) is 9.59. The van der Waals surface area contributed by atoms with Crippen molar-refractivity contribution in [3.63, 3.8) is 0 Å². The summed E-state index contributed by atoms with van der Waals surface area (Å²) in [6, 6.07) is 16.5. The van der Waals surface area contributed by atoms with Crippen LogP contribution in [-0.4, -0.2) is 17.9 Å². The van der Waals surface area contributed by atoms with E-state index >= 15 is 0 Å². The van der Waals surface area contributed by atoms with Gasteiger partial charge in [-0.1, -0.05) is 29.8 Å². The van der Waals surface area contributed by atoms with Crippen LogP contribution in [0, 0.1) is 27.3 Å². The zero-order valence-electron chi connectivity index (χ0n) is 17.3. The molecule has 1 N–H and O–H groups in total. The minimum absolute atomic E-state index is 0.177. The lowest BCUT2D eigenvalue weighted by molar-refractivity contribution is -0.384. The number of rotatable bonds is 7. The average molecular weight is 466 g/mol. The van der Waals surface area contributed by atoms with E-state index in [9.17, 15) is 24.6 Å². The second-order valence-electron chi connectivity index (χ2n) is 6.92. The molecule has 0 saturated heterocycles. The van der Waals surface area contributed by atoms with E-state index in [0.717, 1.165) is 0 Å². The molecule has 0 fully saturated rings. The number of nitro benzene ring substituents is 1. The topological polar surface area (TPSA) is 105 Å². The van der Waals surface area contributed by atoms with Crippen LogP contribution in [0.15, 0.2) is 66.2 Å². The standard InChI is InChI=1S/C24H17ClFN3O4/c1-33-23-12-16(11-22(25)21(23)10-15-4-2-5-18(26)9-15)8-17(14-27)24(30)28-19-6-3-7-20(13-19)29(31)32/h2-9,11-13H,10H2,1H3,(H,28,30)/b17-8+. The third-order valence-corrected chi connectivity index (χ3v) is 4.99. The minimum atomic E-state index is -0.739. The first kappa shape index (κ1) is 23.4. The molecule has 0 saturated carbocycles. The van der Waals surface area contributed by atoms with Crippen LogP contribution in [0.2, 0.25) is 5.02 Å². The molecule has 0 aliphatic rings. The van der Waals surface area contributed by atoms with Crippen molar-refractivity contribution in [3.05, 3.63) is 104 Å². The van der Waals surface area contributed by atoms with Crippen molar-refractivity contribution in [3.8, 4) is 11.8 Å². The van der Waals surface area contributed by atoms with E-state index in [1.165, 1.54) is 49.6 Å². The molecule has 0 bridgehead atoms. The van der Waals surface area contributed by atoms with E-state index in [-0.39, 0.29) is 22.8 Å². The van der Waals surface area contributed by atoms with E-state index in [2.05, 4.69) is 5.32 Å². The quantitative estimate of drug-likeness (QED) is 0.214. The van der Waals surface area contributed by atoms with Crippen LogP contribution in [0.25, 0.3) is 6.08 Å². The largest absolute Gasteiger partial charge is 0.496 e. The van der Waals surface area contributed by atoms with Crippen molar-refractivity contribution in [1.82, 2.24) is 0 Å². The minimum Gasteiger partial charge on any atom is -0.496 e. The average Bonchev–Trinajstić information content (AvgIpc) is 2.79. The Morgan fingerprint density at radius 3 is 2.67 bits per heavy atom. The number of hydrogen-bond donors (Lipinski definition) is 1. The Kier molecular flexibility index (Phi) is 7.38. The van der Waals surface area contributed by atoms with Gasteiger partial charge in [-0.05, 0) is 47.5 Å². The maximum atomic E-state index is 13.5. The molecule has 0 radical (unpaired) electrons. The maximum absolute atomic E-state index is 13.5. The summed E-state index contributed by atoms with van der Waals surface area (Å²) in [7, 11) is 1.45. The molecule has 7 nitrogen and oxygen atoms in total. The molecule has 33 heavy (non-hydrogen) atoms. The number of carbonyl (C=O) groups excluding carboxylic acids is 1. The molecule has 0 spiro atoms. The van der Waals surface area contributed by atoms with Gasteiger partial charge in [-0.2, -0.15) is 5.26 Å². The van der Waals surface area contributed by atoms with Gasteiger partial charge in [0.15, 0.2) is 0 Å². The molecule has 0 heterocycles. The second kappa shape index (κ2) is 10.4. The monoisotopic (exact) mass is 465 g/mol. The predicted molar refractivity (Wildman–Crippen MR) is 123 cm³/mol. The fraction of sp³-hybridized carbons (Fsp3) is 0.0833. The molecule has 0 unspecified atom stereocenters. The van der Waals surface area contributed by atoms with Gasteiger partial charge in [0, 0.05) is 34.8 Å². The number of amides is 1. The normalized spacial score (nSPS) is 10.9. The third kappa shape index (κ3) is 5.93. The number of non-ortho nitro benzene ring substituents is 1. The number of nitro groups is 1. The van der Waals surface area contributed by atoms with Crippen LogP contribution in [-0.2, 0) is 11.2 Å². The number of benzene rings is 3. The molecule has 9 heteroatoms. The fourth-order valence-corrected chi connectivity index (χ4v) is 3.42. The number of nitrogens with zero attached hydrogens (tertiary/aromatic N) is 2. The van der Waals surface area contributed by atoms with Gasteiger partial charge in [-0.15, -0.1) is 0 Å². The van der Waals surface area contributed by atoms with Crippen molar-refractivity contribution < 1.29 is 18.8 Å². The Labute approximate surface area is 193 Å². The summed E-state index contributed by atoms with van der Waals surface area (Å²) < 4.78 is 18.9. The van der Waals surface area contributed by atoms with Gasteiger partial charge in [-0.25, -0.2) is 4.39 Å². The zero-order chi connectivity index (χ0) is 24.0. The SMILES string of the molecule is COc1cc(/C=C(\C#N)C(=O)Nc2cccc([N+](=O)[O-])c2)cc(Cl)c1Cc1cccc(F)c1. The van der Waals surface area contributed by atoms with Crippen LogP contribution >= 0.6 is 11.6 Å². The van der Waals surface area contributed by atoms with Gasteiger partial charge in [-0.3, -0.25) is 14.9 Å².